The number of nitrogens with one attached hydrogen (secondary N) is 1. The molecule has 3 heterocycles. The first-order valence-corrected chi connectivity index (χ1v) is 13.6. The Hall–Kier alpha value is -4.51. The van der Waals surface area contributed by atoms with E-state index in [0.29, 0.717) is 22.5 Å². The molecule has 2 amide bonds. The van der Waals surface area contributed by atoms with Gasteiger partial charge in [0.1, 0.15) is 10.8 Å². The van der Waals surface area contributed by atoms with E-state index < -0.39 is 23.4 Å². The molecule has 4 aromatic rings. The van der Waals surface area contributed by atoms with Crippen LogP contribution in [0, 0.1) is 19.8 Å². The van der Waals surface area contributed by atoms with Gasteiger partial charge in [0.05, 0.1) is 30.7 Å². The number of fused-ring (bicyclic) bond motifs is 1. The van der Waals surface area contributed by atoms with Gasteiger partial charge in [0, 0.05) is 35.5 Å². The number of methoxy groups -OCH3 is 1. The Kier molecular flexibility index (Phi) is 7.40. The molecule has 1 atom stereocenters. The van der Waals surface area contributed by atoms with Crippen LogP contribution in [0.15, 0.2) is 52.6 Å². The molecule has 0 saturated carbocycles. The predicted molar refractivity (Wildman–Crippen MR) is 153 cm³/mol. The Labute approximate surface area is 234 Å². The highest BCUT2D eigenvalue weighted by atomic mass is 32.1. The highest BCUT2D eigenvalue weighted by Crippen LogP contribution is 2.33. The van der Waals surface area contributed by atoms with Crippen molar-refractivity contribution in [1.82, 2.24) is 9.78 Å². The van der Waals surface area contributed by atoms with Gasteiger partial charge in [-0.1, -0.05) is 12.1 Å². The van der Waals surface area contributed by atoms with E-state index in [0.717, 1.165) is 27.1 Å². The average Bonchev–Trinajstić information content (AvgIpc) is 3.55. The van der Waals surface area contributed by atoms with Crippen molar-refractivity contribution in [3.63, 3.8) is 0 Å². The zero-order valence-corrected chi connectivity index (χ0v) is 23.3. The largest absolute Gasteiger partial charge is 0.497 e. The minimum Gasteiger partial charge on any atom is -0.497 e. The van der Waals surface area contributed by atoms with Crippen LogP contribution in [-0.4, -0.2) is 47.8 Å². The minimum atomic E-state index is -0.670. The summed E-state index contributed by atoms with van der Waals surface area (Å²) in [6.45, 7) is 5.88. The number of carbonyl (C=O) groups excluding carboxylic acids is 3. The van der Waals surface area contributed by atoms with Crippen molar-refractivity contribution >= 4 is 50.6 Å². The van der Waals surface area contributed by atoms with E-state index >= 15 is 0 Å². The standard InChI is InChI=1S/C29H28N4O6S/c1-5-39-29(37)25-22-15-40-27(24(22)28(36)33(31-25)20-10-9-16(2)17(3)11-20)30-26(35)18-12-23(34)32(14-18)19-7-6-8-21(13-19)38-4/h6-11,13,15,18H,5,12,14H2,1-4H3,(H,30,35). The quantitative estimate of drug-likeness (QED) is 0.336. The number of aryl methyl sites for hydroxylation is 2. The monoisotopic (exact) mass is 560 g/mol. The molecule has 5 rings (SSSR count). The lowest BCUT2D eigenvalue weighted by molar-refractivity contribution is -0.122. The Bertz CT molecular complexity index is 1710. The first-order chi connectivity index (χ1) is 19.2. The SMILES string of the molecule is CCOC(=O)c1nn(-c2ccc(C)c(C)c2)c(=O)c2c(NC(=O)C3CC(=O)N(c4cccc(OC)c4)C3)scc12. The van der Waals surface area contributed by atoms with Crippen LogP contribution < -0.4 is 20.5 Å². The Morgan fingerprint density at radius 1 is 1.10 bits per heavy atom. The molecule has 2 aromatic heterocycles. The molecular weight excluding hydrogens is 532 g/mol. The van der Waals surface area contributed by atoms with E-state index in [2.05, 4.69) is 10.4 Å². The molecule has 11 heteroatoms. The van der Waals surface area contributed by atoms with Gasteiger partial charge in [0.15, 0.2) is 5.69 Å². The lowest BCUT2D eigenvalue weighted by atomic mass is 10.1. The number of esters is 1. The van der Waals surface area contributed by atoms with Crippen molar-refractivity contribution in [2.24, 2.45) is 5.92 Å². The van der Waals surface area contributed by atoms with Gasteiger partial charge < -0.3 is 19.7 Å². The molecule has 206 valence electrons. The summed E-state index contributed by atoms with van der Waals surface area (Å²) in [5.41, 5.74) is 2.62. The van der Waals surface area contributed by atoms with E-state index in [9.17, 15) is 19.2 Å². The highest BCUT2D eigenvalue weighted by molar-refractivity contribution is 7.16. The van der Waals surface area contributed by atoms with Crippen LogP contribution in [0.3, 0.4) is 0 Å². The lowest BCUT2D eigenvalue weighted by Gasteiger charge is -2.17. The van der Waals surface area contributed by atoms with E-state index in [1.807, 2.05) is 26.0 Å². The molecule has 1 unspecified atom stereocenters. The topological polar surface area (TPSA) is 120 Å². The molecular formula is C29H28N4O6S. The van der Waals surface area contributed by atoms with Gasteiger partial charge in [-0.2, -0.15) is 9.78 Å². The number of benzene rings is 2. The van der Waals surface area contributed by atoms with Crippen molar-refractivity contribution in [3.05, 3.63) is 75.0 Å². The number of amides is 2. The predicted octanol–water partition coefficient (Wildman–Crippen LogP) is 4.24. The zero-order valence-electron chi connectivity index (χ0n) is 22.5. The summed E-state index contributed by atoms with van der Waals surface area (Å²) in [6, 6.07) is 12.5. The lowest BCUT2D eigenvalue weighted by Crippen LogP contribution is -2.29. The molecule has 0 radical (unpaired) electrons. The number of anilines is 2. The number of hydrogen-bond donors (Lipinski definition) is 1. The van der Waals surface area contributed by atoms with Gasteiger partial charge in [-0.25, -0.2) is 4.79 Å². The normalized spacial score (nSPS) is 14.9. The zero-order chi connectivity index (χ0) is 28.6. The van der Waals surface area contributed by atoms with Crippen LogP contribution in [-0.2, 0) is 14.3 Å². The van der Waals surface area contributed by atoms with Crippen molar-refractivity contribution in [2.75, 3.05) is 30.5 Å². The fourth-order valence-corrected chi connectivity index (χ4v) is 5.59. The van der Waals surface area contributed by atoms with E-state index in [1.165, 1.54) is 0 Å². The molecule has 0 spiro atoms. The Morgan fingerprint density at radius 2 is 1.90 bits per heavy atom. The molecule has 1 saturated heterocycles. The van der Waals surface area contributed by atoms with Crippen LogP contribution in [0.1, 0.15) is 35.0 Å². The fourth-order valence-electron chi connectivity index (χ4n) is 4.65. The summed E-state index contributed by atoms with van der Waals surface area (Å²) in [7, 11) is 1.54. The van der Waals surface area contributed by atoms with Crippen molar-refractivity contribution in [1.29, 1.82) is 0 Å². The molecule has 1 aliphatic rings. The second-order valence-corrected chi connectivity index (χ2v) is 10.4. The van der Waals surface area contributed by atoms with Gasteiger partial charge in [0.25, 0.3) is 5.56 Å². The van der Waals surface area contributed by atoms with Crippen molar-refractivity contribution < 1.29 is 23.9 Å². The van der Waals surface area contributed by atoms with Crippen LogP contribution in [0.2, 0.25) is 0 Å². The number of thiophene rings is 1. The number of aromatic nitrogens is 2. The second-order valence-electron chi connectivity index (χ2n) is 9.50. The van der Waals surface area contributed by atoms with Gasteiger partial charge >= 0.3 is 5.97 Å². The summed E-state index contributed by atoms with van der Waals surface area (Å²) in [4.78, 5) is 54.2. The Morgan fingerprint density at radius 3 is 2.62 bits per heavy atom. The second kappa shape index (κ2) is 10.9. The van der Waals surface area contributed by atoms with Crippen LogP contribution >= 0.6 is 11.3 Å². The van der Waals surface area contributed by atoms with Crippen LogP contribution in [0.5, 0.6) is 5.75 Å². The summed E-state index contributed by atoms with van der Waals surface area (Å²) in [5, 5.41) is 9.54. The molecule has 40 heavy (non-hydrogen) atoms. The number of hydrogen-bond acceptors (Lipinski definition) is 8. The summed E-state index contributed by atoms with van der Waals surface area (Å²) in [5.74, 6) is -1.28. The first-order valence-electron chi connectivity index (χ1n) is 12.8. The maximum Gasteiger partial charge on any atom is 0.359 e. The van der Waals surface area contributed by atoms with Gasteiger partial charge in [-0.05, 0) is 56.2 Å². The van der Waals surface area contributed by atoms with Crippen LogP contribution in [0.25, 0.3) is 16.5 Å². The third-order valence-corrected chi connectivity index (χ3v) is 7.85. The molecule has 1 N–H and O–H groups in total. The highest BCUT2D eigenvalue weighted by Gasteiger charge is 2.36. The molecule has 10 nitrogen and oxygen atoms in total. The maximum atomic E-state index is 13.7. The van der Waals surface area contributed by atoms with E-state index in [1.54, 1.807) is 54.6 Å². The van der Waals surface area contributed by atoms with Crippen molar-refractivity contribution in [2.45, 2.75) is 27.2 Å². The summed E-state index contributed by atoms with van der Waals surface area (Å²) in [6.07, 6.45) is 0.0227. The third-order valence-electron chi connectivity index (χ3n) is 6.95. The smallest absolute Gasteiger partial charge is 0.359 e. The third kappa shape index (κ3) is 4.95. The number of carbonyl (C=O) groups is 3. The van der Waals surface area contributed by atoms with Crippen molar-refractivity contribution in [3.8, 4) is 11.4 Å². The van der Waals surface area contributed by atoms with Gasteiger partial charge in [-0.15, -0.1) is 11.3 Å². The number of rotatable bonds is 7. The average molecular weight is 561 g/mol. The maximum absolute atomic E-state index is 13.7. The Balaban J connectivity index is 1.50. The summed E-state index contributed by atoms with van der Waals surface area (Å²) >= 11 is 1.12. The summed E-state index contributed by atoms with van der Waals surface area (Å²) < 4.78 is 11.6. The first kappa shape index (κ1) is 27.1. The molecule has 0 aliphatic carbocycles. The molecule has 0 bridgehead atoms. The van der Waals surface area contributed by atoms with Gasteiger partial charge in [0.2, 0.25) is 11.8 Å². The van der Waals surface area contributed by atoms with E-state index in [-0.39, 0.29) is 41.6 Å². The van der Waals surface area contributed by atoms with Gasteiger partial charge in [-0.3, -0.25) is 14.4 Å². The fraction of sp³-hybridized carbons (Fsp3) is 0.276. The number of nitrogens with zero attached hydrogens (tertiary/aromatic N) is 3. The molecule has 1 aliphatic heterocycles. The van der Waals surface area contributed by atoms with E-state index in [4.69, 9.17) is 9.47 Å². The van der Waals surface area contributed by atoms with Crippen LogP contribution in [0.4, 0.5) is 10.7 Å². The minimum absolute atomic E-state index is 0.0216. The number of ether oxygens (including phenoxy) is 2. The molecule has 1 fully saturated rings. The molecule has 2 aromatic carbocycles.